The van der Waals surface area contributed by atoms with E-state index in [-0.39, 0.29) is 40.8 Å². The molecule has 3 aliphatic heterocycles. The molecule has 0 aromatic heterocycles. The predicted molar refractivity (Wildman–Crippen MR) is 93.5 cm³/mol. The number of carbonyl (C=O) groups excluding carboxylic acids is 3. The van der Waals surface area contributed by atoms with E-state index in [9.17, 15) is 24.6 Å². The lowest BCUT2D eigenvalue weighted by atomic mass is 9.79. The van der Waals surface area contributed by atoms with E-state index in [0.29, 0.717) is 17.9 Å². The first-order valence-electron chi connectivity index (χ1n) is 8.73. The molecule has 3 heterocycles. The predicted octanol–water partition coefficient (Wildman–Crippen LogP) is -1.64. The third-order valence-corrected chi connectivity index (χ3v) is 6.94. The zero-order chi connectivity index (χ0) is 19.3. The minimum absolute atomic E-state index is 0.00478. The Hall–Kier alpha value is -1.58. The number of likely N-dealkylation sites (N-methyl/N-ethyl adjacent to an activating group) is 1. The van der Waals surface area contributed by atoms with Crippen molar-refractivity contribution >= 4 is 29.5 Å². The largest absolute Gasteiger partial charge is 0.543 e. The van der Waals surface area contributed by atoms with Gasteiger partial charge in [-0.15, -0.1) is 11.8 Å². The van der Waals surface area contributed by atoms with E-state index in [4.69, 9.17) is 0 Å². The van der Waals surface area contributed by atoms with Crippen molar-refractivity contribution in [3.05, 3.63) is 10.6 Å². The lowest BCUT2D eigenvalue weighted by Gasteiger charge is -2.47. The van der Waals surface area contributed by atoms with Gasteiger partial charge in [0.15, 0.2) is 0 Å². The topological polar surface area (TPSA) is 113 Å². The van der Waals surface area contributed by atoms with Gasteiger partial charge in [-0.25, -0.2) is 0 Å². The minimum atomic E-state index is -1.37. The molecule has 26 heavy (non-hydrogen) atoms. The zero-order valence-corrected chi connectivity index (χ0v) is 16.1. The summed E-state index contributed by atoms with van der Waals surface area (Å²) in [5, 5.41) is 24.8. The Morgan fingerprint density at radius 3 is 2.62 bits per heavy atom. The molecule has 0 unspecified atom stereocenters. The third kappa shape index (κ3) is 2.91. The maximum Gasteiger partial charge on any atom is 0.239 e. The molecular weight excluding hydrogens is 358 g/mol. The highest BCUT2D eigenvalue weighted by Crippen LogP contribution is 2.51. The summed E-state index contributed by atoms with van der Waals surface area (Å²) >= 11 is 1.41. The van der Waals surface area contributed by atoms with Crippen molar-refractivity contribution in [3.63, 3.8) is 0 Å². The summed E-state index contributed by atoms with van der Waals surface area (Å²) in [6.45, 7) is 4.02. The van der Waals surface area contributed by atoms with Crippen LogP contribution in [0.1, 0.15) is 20.3 Å². The fourth-order valence-corrected chi connectivity index (χ4v) is 5.62. The second kappa shape index (κ2) is 6.86. The average Bonchev–Trinajstić information content (AvgIpc) is 3.09. The van der Waals surface area contributed by atoms with E-state index in [1.165, 1.54) is 21.6 Å². The van der Waals surface area contributed by atoms with Crippen molar-refractivity contribution in [1.82, 2.24) is 15.1 Å². The Kier molecular flexibility index (Phi) is 5.06. The second-order valence-corrected chi connectivity index (χ2v) is 8.77. The van der Waals surface area contributed by atoms with Gasteiger partial charge in [0.05, 0.1) is 35.8 Å². The highest BCUT2D eigenvalue weighted by molar-refractivity contribution is 8.03. The molecule has 2 amide bonds. The van der Waals surface area contributed by atoms with Gasteiger partial charge in [-0.1, -0.05) is 6.92 Å². The van der Waals surface area contributed by atoms with Crippen molar-refractivity contribution in [2.24, 2.45) is 11.8 Å². The number of aliphatic hydroxyl groups excluding tert-OH is 1. The first-order valence-corrected chi connectivity index (χ1v) is 9.61. The van der Waals surface area contributed by atoms with Crippen LogP contribution >= 0.6 is 11.8 Å². The number of hydrogen-bond acceptors (Lipinski definition) is 7. The number of nitrogens with zero attached hydrogens (tertiary/aromatic N) is 2. The molecule has 144 valence electrons. The minimum Gasteiger partial charge on any atom is -0.543 e. The van der Waals surface area contributed by atoms with Gasteiger partial charge >= 0.3 is 0 Å². The molecule has 0 aliphatic carbocycles. The average molecular weight is 382 g/mol. The number of β-lactam (4-membered cyclic amide) rings is 1. The van der Waals surface area contributed by atoms with Crippen molar-refractivity contribution in [1.29, 1.82) is 0 Å². The number of aliphatic hydroxyl groups is 1. The summed E-state index contributed by atoms with van der Waals surface area (Å²) in [4.78, 5) is 39.5. The summed E-state index contributed by atoms with van der Waals surface area (Å²) in [6.07, 6.45) is -0.231. The Bertz CT molecular complexity index is 677. The van der Waals surface area contributed by atoms with Crippen LogP contribution < -0.4 is 10.4 Å². The summed E-state index contributed by atoms with van der Waals surface area (Å²) in [6, 6.07) is -0.624. The van der Waals surface area contributed by atoms with Crippen LogP contribution in [0.25, 0.3) is 0 Å². The Morgan fingerprint density at radius 1 is 1.42 bits per heavy atom. The van der Waals surface area contributed by atoms with Gasteiger partial charge in [-0.3, -0.25) is 9.59 Å². The van der Waals surface area contributed by atoms with Gasteiger partial charge in [0.2, 0.25) is 11.8 Å². The molecule has 2 fully saturated rings. The molecule has 0 saturated carbocycles. The van der Waals surface area contributed by atoms with Gasteiger partial charge in [-0.2, -0.15) is 0 Å². The number of fused-ring (bicyclic) bond motifs is 1. The van der Waals surface area contributed by atoms with Crippen LogP contribution in [0.15, 0.2) is 10.6 Å². The molecule has 2 N–H and O–H groups in total. The van der Waals surface area contributed by atoms with E-state index >= 15 is 0 Å². The maximum absolute atomic E-state index is 12.3. The van der Waals surface area contributed by atoms with Gasteiger partial charge in [-0.05, 0) is 13.3 Å². The third-order valence-electron chi connectivity index (χ3n) is 5.42. The molecule has 0 radical (unpaired) electrons. The monoisotopic (exact) mass is 382 g/mol. The van der Waals surface area contributed by atoms with E-state index in [0.717, 1.165) is 0 Å². The van der Waals surface area contributed by atoms with Crippen molar-refractivity contribution in [2.45, 2.75) is 43.7 Å². The van der Waals surface area contributed by atoms with Crippen LogP contribution in [0, 0.1) is 11.8 Å². The highest BCUT2D eigenvalue weighted by atomic mass is 32.2. The quantitative estimate of drug-likeness (QED) is 0.548. The number of nitrogens with one attached hydrogen (secondary N) is 1. The molecular formula is C17H24N3O5S-. The highest BCUT2D eigenvalue weighted by Gasteiger charge is 2.59. The second-order valence-electron chi connectivity index (χ2n) is 7.42. The fourth-order valence-electron chi connectivity index (χ4n) is 4.14. The van der Waals surface area contributed by atoms with Gasteiger partial charge in [0, 0.05) is 36.7 Å². The first kappa shape index (κ1) is 19.2. The lowest BCUT2D eigenvalue weighted by molar-refractivity contribution is -0.301. The van der Waals surface area contributed by atoms with E-state index in [2.05, 4.69) is 5.32 Å². The Labute approximate surface area is 156 Å². The standard InChI is InChI=1S/C17H25N3O5S/c1-7-12-11(8(2)21)16(23)20(12)13(17(24)25)14(7)26-9-5-10(18-6-9)15(22)19(3)4/h7-12,18,21H,5-6H2,1-4H3,(H,24,25)/p-1/t7-,8-,9+,10+,11-,12-/m1/s1. The Balaban J connectivity index is 1.78. The van der Waals surface area contributed by atoms with Gasteiger partial charge in [0.25, 0.3) is 0 Å². The molecule has 3 aliphatic rings. The summed E-state index contributed by atoms with van der Waals surface area (Å²) < 4.78 is 0. The number of carboxylic acids is 1. The molecule has 2 saturated heterocycles. The molecule has 8 nitrogen and oxygen atoms in total. The van der Waals surface area contributed by atoms with Crippen LogP contribution in [0.2, 0.25) is 0 Å². The van der Waals surface area contributed by atoms with Gasteiger partial charge in [0.1, 0.15) is 0 Å². The normalized spacial score (nSPS) is 34.6. The van der Waals surface area contributed by atoms with Gasteiger partial charge < -0.3 is 30.1 Å². The smallest absolute Gasteiger partial charge is 0.239 e. The first-order chi connectivity index (χ1) is 12.1. The summed E-state index contributed by atoms with van der Waals surface area (Å²) in [5.74, 6) is -2.51. The van der Waals surface area contributed by atoms with Crippen LogP contribution in [0.3, 0.4) is 0 Å². The van der Waals surface area contributed by atoms with Crippen LogP contribution in [0.5, 0.6) is 0 Å². The zero-order valence-electron chi connectivity index (χ0n) is 15.3. The summed E-state index contributed by atoms with van der Waals surface area (Å²) in [7, 11) is 3.40. The van der Waals surface area contributed by atoms with Crippen LogP contribution in [-0.2, 0) is 14.4 Å². The number of carbonyl (C=O) groups is 3. The van der Waals surface area contributed by atoms with E-state index in [1.54, 1.807) is 21.0 Å². The molecule has 6 atom stereocenters. The number of rotatable bonds is 5. The number of hydrogen-bond donors (Lipinski definition) is 2. The molecule has 9 heteroatoms. The van der Waals surface area contributed by atoms with Crippen LogP contribution in [0.4, 0.5) is 0 Å². The SMILES string of the molecule is C[C@@H](O)[C@H]1C(=O)N2C(C(=O)[O-])=C(S[C@@H]3CN[C@H](C(=O)N(C)C)C3)[C@H](C)[C@H]12. The lowest BCUT2D eigenvalue weighted by Crippen LogP contribution is -2.64. The Morgan fingerprint density at radius 2 is 2.08 bits per heavy atom. The van der Waals surface area contributed by atoms with Crippen molar-refractivity contribution in [2.75, 3.05) is 20.6 Å². The molecule has 0 bridgehead atoms. The van der Waals surface area contributed by atoms with E-state index in [1.807, 2.05) is 6.92 Å². The number of thioether (sulfide) groups is 1. The molecule has 0 spiro atoms. The number of carboxylic acid groups (broad SMARTS) is 1. The molecule has 0 aromatic carbocycles. The van der Waals surface area contributed by atoms with Crippen molar-refractivity contribution in [3.8, 4) is 0 Å². The van der Waals surface area contributed by atoms with Crippen molar-refractivity contribution < 1.29 is 24.6 Å². The van der Waals surface area contributed by atoms with Crippen LogP contribution in [-0.4, -0.2) is 76.8 Å². The maximum atomic E-state index is 12.3. The molecule has 3 rings (SSSR count). The van der Waals surface area contributed by atoms with E-state index < -0.39 is 18.0 Å². The number of amides is 2. The molecule has 0 aromatic rings. The number of aliphatic carboxylic acids is 1. The summed E-state index contributed by atoms with van der Waals surface area (Å²) in [5.41, 5.74) is -0.0724. The fraction of sp³-hybridized carbons (Fsp3) is 0.706.